The highest BCUT2D eigenvalue weighted by atomic mass is 32.1. The van der Waals surface area contributed by atoms with Gasteiger partial charge in [-0.3, -0.25) is 14.5 Å². The van der Waals surface area contributed by atoms with Gasteiger partial charge >= 0.3 is 6.03 Å². The summed E-state index contributed by atoms with van der Waals surface area (Å²) >= 11 is 1.51. The van der Waals surface area contributed by atoms with Gasteiger partial charge < -0.3 is 5.32 Å². The van der Waals surface area contributed by atoms with Crippen molar-refractivity contribution in [3.63, 3.8) is 0 Å². The van der Waals surface area contributed by atoms with Crippen LogP contribution in [0.2, 0.25) is 0 Å². The molecular weight excluding hydrogens is 392 g/mol. The molecule has 4 rings (SSSR count). The van der Waals surface area contributed by atoms with E-state index in [-0.39, 0.29) is 12.3 Å². The van der Waals surface area contributed by atoms with Gasteiger partial charge in [-0.25, -0.2) is 9.48 Å². The minimum atomic E-state index is -1.29. The summed E-state index contributed by atoms with van der Waals surface area (Å²) in [5.74, 6) is -0.739. The van der Waals surface area contributed by atoms with Gasteiger partial charge in [-0.2, -0.15) is 0 Å². The first kappa shape index (κ1) is 18.9. The fraction of sp³-hybridized carbons (Fsp3) is 0.263. The molecule has 1 aliphatic rings. The van der Waals surface area contributed by atoms with Gasteiger partial charge in [0.2, 0.25) is 0 Å². The highest BCUT2D eigenvalue weighted by molar-refractivity contribution is 7.12. The van der Waals surface area contributed by atoms with E-state index in [4.69, 9.17) is 0 Å². The first-order valence-corrected chi connectivity index (χ1v) is 9.69. The van der Waals surface area contributed by atoms with Crippen LogP contribution in [0.5, 0.6) is 0 Å². The van der Waals surface area contributed by atoms with Crippen molar-refractivity contribution in [2.75, 3.05) is 6.54 Å². The summed E-state index contributed by atoms with van der Waals surface area (Å²) in [6.45, 7) is 5.09. The van der Waals surface area contributed by atoms with Crippen molar-refractivity contribution < 1.29 is 14.4 Å². The van der Waals surface area contributed by atoms with Crippen LogP contribution in [0.15, 0.2) is 36.7 Å². The molecular formula is C19H18N6O3S. The maximum atomic E-state index is 13.1. The number of urea groups is 1. The van der Waals surface area contributed by atoms with Gasteiger partial charge in [0.25, 0.3) is 5.91 Å². The summed E-state index contributed by atoms with van der Waals surface area (Å²) in [4.78, 5) is 41.2. The van der Waals surface area contributed by atoms with Gasteiger partial charge in [-0.15, -0.1) is 16.4 Å². The maximum absolute atomic E-state index is 13.1. The number of Topliss-reactive ketones (excluding diaryl/α,β-unsaturated/α-hetero) is 1. The molecule has 0 saturated carbocycles. The van der Waals surface area contributed by atoms with Crippen LogP contribution >= 0.6 is 11.3 Å². The molecule has 3 amide bonds. The second-order valence-electron chi connectivity index (χ2n) is 7.00. The van der Waals surface area contributed by atoms with Crippen LogP contribution in [-0.2, 0) is 10.3 Å². The number of hydrogen-bond donors (Lipinski definition) is 1. The molecule has 3 aromatic rings. The zero-order valence-corrected chi connectivity index (χ0v) is 16.9. The van der Waals surface area contributed by atoms with Crippen LogP contribution in [-0.4, -0.2) is 49.4 Å². The number of nitrogens with one attached hydrogen (secondary N) is 1. The number of imide groups is 1. The number of rotatable bonds is 5. The highest BCUT2D eigenvalue weighted by Gasteiger charge is 2.49. The molecule has 10 heteroatoms. The third-order valence-corrected chi connectivity index (χ3v) is 5.92. The molecule has 1 aliphatic heterocycles. The molecule has 0 bridgehead atoms. The SMILES string of the molecule is Cc1cc(C(=O)CN2C(=O)N[C@@](C)(c3cccc(-n4cnnn4)c3)C2=O)c(C)s1. The fourth-order valence-corrected chi connectivity index (χ4v) is 4.35. The molecule has 0 spiro atoms. The monoisotopic (exact) mass is 410 g/mol. The topological polar surface area (TPSA) is 110 Å². The molecule has 0 radical (unpaired) electrons. The highest BCUT2D eigenvalue weighted by Crippen LogP contribution is 2.30. The second-order valence-corrected chi connectivity index (χ2v) is 8.46. The molecule has 148 valence electrons. The van der Waals surface area contributed by atoms with E-state index >= 15 is 0 Å². The lowest BCUT2D eigenvalue weighted by Gasteiger charge is -2.22. The zero-order valence-electron chi connectivity index (χ0n) is 16.0. The predicted octanol–water partition coefficient (Wildman–Crippen LogP) is 1.99. The van der Waals surface area contributed by atoms with Crippen LogP contribution in [0.4, 0.5) is 4.79 Å². The quantitative estimate of drug-likeness (QED) is 0.509. The van der Waals surface area contributed by atoms with E-state index in [2.05, 4.69) is 20.8 Å². The lowest BCUT2D eigenvalue weighted by molar-refractivity contribution is -0.130. The number of ketones is 1. The molecule has 0 unspecified atom stereocenters. The first-order chi connectivity index (χ1) is 13.8. The van der Waals surface area contributed by atoms with Crippen molar-refractivity contribution in [3.05, 3.63) is 57.5 Å². The largest absolute Gasteiger partial charge is 0.325 e. The average Bonchev–Trinajstić information content (AvgIpc) is 3.39. The number of tetrazole rings is 1. The van der Waals surface area contributed by atoms with Crippen LogP contribution in [0, 0.1) is 13.8 Å². The normalized spacial score (nSPS) is 18.9. The standard InChI is InChI=1S/C19H18N6O3S/c1-11-7-15(12(2)29-11)16(26)9-24-17(27)19(3,21-18(24)28)13-5-4-6-14(8-13)25-10-20-22-23-25/h4-8,10H,9H2,1-3H3,(H,21,28)/t19-/m0/s1. The van der Waals surface area contributed by atoms with E-state index in [0.717, 1.165) is 14.7 Å². The van der Waals surface area contributed by atoms with Crippen LogP contribution in [0.3, 0.4) is 0 Å². The molecule has 1 fully saturated rings. The minimum Gasteiger partial charge on any atom is -0.319 e. The number of hydrogen-bond acceptors (Lipinski definition) is 7. The number of benzene rings is 1. The summed E-state index contributed by atoms with van der Waals surface area (Å²) in [6, 6.07) is 8.20. The van der Waals surface area contributed by atoms with E-state index in [1.165, 1.54) is 22.3 Å². The average molecular weight is 410 g/mol. The van der Waals surface area contributed by atoms with Crippen molar-refractivity contribution in [1.29, 1.82) is 0 Å². The Hall–Kier alpha value is -3.40. The van der Waals surface area contributed by atoms with E-state index in [9.17, 15) is 14.4 Å². The molecule has 1 N–H and O–H groups in total. The van der Waals surface area contributed by atoms with E-state index in [1.807, 2.05) is 13.8 Å². The molecule has 1 atom stereocenters. The summed E-state index contributed by atoms with van der Waals surface area (Å²) in [5.41, 5.74) is 0.472. The number of carbonyl (C=O) groups is 3. The van der Waals surface area contributed by atoms with E-state index in [1.54, 1.807) is 37.3 Å². The number of aromatic nitrogens is 4. The van der Waals surface area contributed by atoms with Crippen LogP contribution < -0.4 is 5.32 Å². The summed E-state index contributed by atoms with van der Waals surface area (Å²) in [7, 11) is 0. The Labute approximate surface area is 170 Å². The van der Waals surface area contributed by atoms with Gasteiger partial charge in [0.1, 0.15) is 11.9 Å². The Morgan fingerprint density at radius 3 is 2.69 bits per heavy atom. The molecule has 9 nitrogen and oxygen atoms in total. The van der Waals surface area contributed by atoms with Crippen molar-refractivity contribution in [2.45, 2.75) is 26.3 Å². The van der Waals surface area contributed by atoms with Gasteiger partial charge in [0.05, 0.1) is 12.2 Å². The van der Waals surface area contributed by atoms with Gasteiger partial charge in [-0.05, 0) is 55.0 Å². The zero-order chi connectivity index (χ0) is 20.8. The van der Waals surface area contributed by atoms with Crippen molar-refractivity contribution in [3.8, 4) is 5.69 Å². The Kier molecular flexibility index (Phi) is 4.50. The minimum absolute atomic E-state index is 0.262. The summed E-state index contributed by atoms with van der Waals surface area (Å²) < 4.78 is 1.46. The van der Waals surface area contributed by atoms with Crippen LogP contribution in [0.1, 0.15) is 32.6 Å². The Balaban J connectivity index is 1.61. The van der Waals surface area contributed by atoms with Crippen molar-refractivity contribution in [1.82, 2.24) is 30.4 Å². The van der Waals surface area contributed by atoms with Crippen LogP contribution in [0.25, 0.3) is 5.69 Å². The number of amides is 3. The predicted molar refractivity (Wildman–Crippen MR) is 105 cm³/mol. The van der Waals surface area contributed by atoms with E-state index < -0.39 is 17.5 Å². The molecule has 1 aromatic carbocycles. The lowest BCUT2D eigenvalue weighted by atomic mass is 9.91. The number of aryl methyl sites for hydroxylation is 2. The molecule has 0 aliphatic carbocycles. The first-order valence-electron chi connectivity index (χ1n) is 8.88. The van der Waals surface area contributed by atoms with Gasteiger partial charge in [0, 0.05) is 15.3 Å². The van der Waals surface area contributed by atoms with Crippen molar-refractivity contribution in [2.24, 2.45) is 0 Å². The van der Waals surface area contributed by atoms with Gasteiger partial charge in [0.15, 0.2) is 5.78 Å². The Morgan fingerprint density at radius 1 is 1.24 bits per heavy atom. The van der Waals surface area contributed by atoms with Crippen molar-refractivity contribution >= 4 is 29.1 Å². The Bertz CT molecular complexity index is 1120. The third kappa shape index (κ3) is 3.21. The van der Waals surface area contributed by atoms with Gasteiger partial charge in [-0.1, -0.05) is 12.1 Å². The molecule has 1 saturated heterocycles. The number of carbonyl (C=O) groups excluding carboxylic acids is 3. The summed E-state index contributed by atoms with van der Waals surface area (Å²) in [5, 5.41) is 13.8. The molecule has 29 heavy (non-hydrogen) atoms. The van der Waals surface area contributed by atoms with E-state index in [0.29, 0.717) is 16.8 Å². The number of nitrogens with zero attached hydrogens (tertiary/aromatic N) is 5. The Morgan fingerprint density at radius 2 is 2.03 bits per heavy atom. The number of thiophene rings is 1. The third-order valence-electron chi connectivity index (χ3n) is 4.96. The lowest BCUT2D eigenvalue weighted by Crippen LogP contribution is -2.41. The smallest absolute Gasteiger partial charge is 0.319 e. The second kappa shape index (κ2) is 6.89. The summed E-state index contributed by atoms with van der Waals surface area (Å²) in [6.07, 6.45) is 1.44. The molecule has 2 aromatic heterocycles. The molecule has 3 heterocycles. The maximum Gasteiger partial charge on any atom is 0.325 e. The fourth-order valence-electron chi connectivity index (χ4n) is 3.41.